The molecular weight excluding hydrogens is 420 g/mol. The maximum Gasteiger partial charge on any atom is 0.307 e. The molecule has 0 unspecified atom stereocenters. The Bertz CT molecular complexity index is 992. The monoisotopic (exact) mass is 456 g/mol. The number of ether oxygens (including phenoxy) is 1. The van der Waals surface area contributed by atoms with Crippen molar-refractivity contribution in [1.82, 2.24) is 9.80 Å². The third kappa shape index (κ3) is 7.68. The molecule has 34 heavy (non-hydrogen) atoms. The van der Waals surface area contributed by atoms with Crippen molar-refractivity contribution in [3.63, 3.8) is 0 Å². The lowest BCUT2D eigenvalue weighted by molar-refractivity contribution is -0.142. The van der Waals surface area contributed by atoms with Gasteiger partial charge in [0.2, 0.25) is 0 Å². The van der Waals surface area contributed by atoms with Crippen molar-refractivity contribution in [3.8, 4) is 0 Å². The first-order chi connectivity index (χ1) is 16.6. The summed E-state index contributed by atoms with van der Waals surface area (Å²) in [6, 6.07) is 31.5. The van der Waals surface area contributed by atoms with Gasteiger partial charge in [-0.25, -0.2) is 0 Å². The van der Waals surface area contributed by atoms with Crippen molar-refractivity contribution in [2.75, 3.05) is 20.2 Å². The Morgan fingerprint density at radius 3 is 1.94 bits per heavy atom. The second-order valence-electron chi connectivity index (χ2n) is 8.65. The molecule has 0 radical (unpaired) electrons. The van der Waals surface area contributed by atoms with Crippen molar-refractivity contribution in [2.45, 2.75) is 38.5 Å². The summed E-state index contributed by atoms with van der Waals surface area (Å²) in [6.45, 7) is 9.20. The van der Waals surface area contributed by atoms with E-state index in [-0.39, 0.29) is 18.1 Å². The number of hydrogen-bond donors (Lipinski definition) is 0. The van der Waals surface area contributed by atoms with Crippen LogP contribution in [0.3, 0.4) is 0 Å². The topological polar surface area (TPSA) is 32.8 Å². The first-order valence-electron chi connectivity index (χ1n) is 11.9. The number of carbonyl (C=O) groups is 1. The second kappa shape index (κ2) is 13.5. The van der Waals surface area contributed by atoms with Gasteiger partial charge in [0.25, 0.3) is 0 Å². The normalized spacial score (nSPS) is 12.9. The zero-order valence-electron chi connectivity index (χ0n) is 20.3. The fourth-order valence-electron chi connectivity index (χ4n) is 4.39. The minimum Gasteiger partial charge on any atom is -0.469 e. The average molecular weight is 457 g/mol. The lowest BCUT2D eigenvalue weighted by Gasteiger charge is -2.39. The van der Waals surface area contributed by atoms with Gasteiger partial charge in [-0.15, -0.1) is 6.58 Å². The molecular formula is C30H36N2O2. The molecule has 0 aliphatic carbocycles. The quantitative estimate of drug-likeness (QED) is 0.238. The number of esters is 1. The van der Waals surface area contributed by atoms with Crippen LogP contribution in [-0.4, -0.2) is 42.0 Å². The highest BCUT2D eigenvalue weighted by atomic mass is 16.5. The molecule has 0 bridgehead atoms. The smallest absolute Gasteiger partial charge is 0.307 e. The molecule has 178 valence electrons. The number of methoxy groups -OCH3 is 1. The van der Waals surface area contributed by atoms with Crippen LogP contribution in [0.1, 0.15) is 36.1 Å². The summed E-state index contributed by atoms with van der Waals surface area (Å²) in [4.78, 5) is 17.3. The van der Waals surface area contributed by atoms with E-state index in [4.69, 9.17) is 4.74 Å². The van der Waals surface area contributed by atoms with Crippen LogP contribution in [0.2, 0.25) is 0 Å². The average Bonchev–Trinajstić information content (AvgIpc) is 2.88. The fourth-order valence-corrected chi connectivity index (χ4v) is 4.39. The summed E-state index contributed by atoms with van der Waals surface area (Å²) in [5.41, 5.74) is 3.69. The van der Waals surface area contributed by atoms with E-state index in [2.05, 4.69) is 96.1 Å². The maximum absolute atomic E-state index is 12.5. The molecule has 3 aromatic rings. The van der Waals surface area contributed by atoms with Crippen molar-refractivity contribution in [1.29, 1.82) is 0 Å². The lowest BCUT2D eigenvalue weighted by Crippen LogP contribution is -2.46. The molecule has 0 saturated heterocycles. The largest absolute Gasteiger partial charge is 0.469 e. The first kappa shape index (κ1) is 25.4. The van der Waals surface area contributed by atoms with E-state index in [0.29, 0.717) is 6.42 Å². The van der Waals surface area contributed by atoms with Crippen molar-refractivity contribution < 1.29 is 9.53 Å². The van der Waals surface area contributed by atoms with Gasteiger partial charge in [-0.1, -0.05) is 97.1 Å². The predicted molar refractivity (Wildman–Crippen MR) is 139 cm³/mol. The minimum absolute atomic E-state index is 0.0356. The van der Waals surface area contributed by atoms with Gasteiger partial charge in [0.15, 0.2) is 0 Å². The Morgan fingerprint density at radius 1 is 0.882 bits per heavy atom. The van der Waals surface area contributed by atoms with E-state index < -0.39 is 0 Å². The Kier molecular flexibility index (Phi) is 10.1. The van der Waals surface area contributed by atoms with Gasteiger partial charge >= 0.3 is 5.97 Å². The molecule has 0 aliphatic rings. The van der Waals surface area contributed by atoms with Gasteiger partial charge in [0, 0.05) is 38.3 Å². The Balaban J connectivity index is 1.93. The van der Waals surface area contributed by atoms with Crippen molar-refractivity contribution >= 4 is 5.97 Å². The molecule has 0 aromatic heterocycles. The fraction of sp³-hybridized carbons (Fsp3) is 0.300. The highest BCUT2D eigenvalue weighted by molar-refractivity contribution is 5.70. The van der Waals surface area contributed by atoms with E-state index in [1.54, 1.807) is 0 Å². The van der Waals surface area contributed by atoms with Crippen LogP contribution < -0.4 is 0 Å². The summed E-state index contributed by atoms with van der Waals surface area (Å²) in [6.07, 6.45) is 2.25. The number of hydrogen-bond acceptors (Lipinski definition) is 4. The second-order valence-corrected chi connectivity index (χ2v) is 8.65. The van der Waals surface area contributed by atoms with E-state index >= 15 is 0 Å². The summed E-state index contributed by atoms with van der Waals surface area (Å²) in [5, 5.41) is 0. The molecule has 2 atom stereocenters. The highest BCUT2D eigenvalue weighted by Crippen LogP contribution is 2.27. The Morgan fingerprint density at radius 2 is 1.41 bits per heavy atom. The van der Waals surface area contributed by atoms with Crippen LogP contribution in [0.15, 0.2) is 104 Å². The highest BCUT2D eigenvalue weighted by Gasteiger charge is 2.29. The molecule has 0 saturated carbocycles. The maximum atomic E-state index is 12.5. The van der Waals surface area contributed by atoms with Gasteiger partial charge in [0.05, 0.1) is 13.5 Å². The van der Waals surface area contributed by atoms with Gasteiger partial charge in [-0.3, -0.25) is 14.6 Å². The summed E-state index contributed by atoms with van der Waals surface area (Å²) in [5.74, 6) is -0.193. The van der Waals surface area contributed by atoms with Gasteiger partial charge in [0.1, 0.15) is 0 Å². The van der Waals surface area contributed by atoms with Crippen LogP contribution in [0.25, 0.3) is 0 Å². The molecule has 3 rings (SSSR count). The molecule has 4 heteroatoms. The van der Waals surface area contributed by atoms with Crippen LogP contribution >= 0.6 is 0 Å². The van der Waals surface area contributed by atoms with Crippen molar-refractivity contribution in [2.24, 2.45) is 0 Å². The summed E-state index contributed by atoms with van der Waals surface area (Å²) >= 11 is 0. The van der Waals surface area contributed by atoms with E-state index in [1.807, 2.05) is 24.3 Å². The minimum atomic E-state index is -0.193. The molecule has 0 aliphatic heterocycles. The molecule has 0 spiro atoms. The molecule has 0 N–H and O–H groups in total. The SMILES string of the molecule is C=CCN(Cc1ccccc1)C[C@@H](CC(=O)OC)N(Cc1ccccc1)[C@@H](C)c1ccccc1. The molecule has 0 fully saturated rings. The standard InChI is InChI=1S/C30H36N2O2/c1-4-20-31(22-26-14-8-5-9-15-26)24-29(21-30(33)34-3)32(23-27-16-10-6-11-17-27)25(2)28-18-12-7-13-19-28/h4-19,25,29H,1,20-24H2,2-3H3/t25-,29+/m0/s1. The summed E-state index contributed by atoms with van der Waals surface area (Å²) < 4.78 is 5.12. The van der Waals surface area contributed by atoms with E-state index in [1.165, 1.54) is 23.8 Å². The van der Waals surface area contributed by atoms with Crippen molar-refractivity contribution in [3.05, 3.63) is 120 Å². The Hall–Kier alpha value is -3.21. The number of rotatable bonds is 13. The van der Waals surface area contributed by atoms with Gasteiger partial charge < -0.3 is 4.74 Å². The Labute approximate surface area is 204 Å². The van der Waals surface area contributed by atoms with Crippen LogP contribution in [-0.2, 0) is 22.6 Å². The third-order valence-electron chi connectivity index (χ3n) is 6.19. The number of benzene rings is 3. The van der Waals surface area contributed by atoms with Gasteiger partial charge in [-0.2, -0.15) is 0 Å². The molecule has 0 amide bonds. The van der Waals surface area contributed by atoms with Gasteiger partial charge in [-0.05, 0) is 23.6 Å². The first-order valence-corrected chi connectivity index (χ1v) is 11.9. The van der Waals surface area contributed by atoms with E-state index in [9.17, 15) is 4.79 Å². The van der Waals surface area contributed by atoms with Crippen LogP contribution in [0.4, 0.5) is 0 Å². The third-order valence-corrected chi connectivity index (χ3v) is 6.19. The predicted octanol–water partition coefficient (Wildman–Crippen LogP) is 5.87. The molecule has 3 aromatic carbocycles. The van der Waals surface area contributed by atoms with E-state index in [0.717, 1.165) is 26.2 Å². The summed E-state index contributed by atoms with van der Waals surface area (Å²) in [7, 11) is 1.47. The lowest BCUT2D eigenvalue weighted by atomic mass is 10.0. The number of carbonyl (C=O) groups excluding carboxylic acids is 1. The van der Waals surface area contributed by atoms with Crippen LogP contribution in [0, 0.1) is 0 Å². The molecule has 0 heterocycles. The zero-order chi connectivity index (χ0) is 24.2. The number of nitrogens with zero attached hydrogens (tertiary/aromatic N) is 2. The van der Waals surface area contributed by atoms with Crippen LogP contribution in [0.5, 0.6) is 0 Å². The zero-order valence-corrected chi connectivity index (χ0v) is 20.3. The molecule has 4 nitrogen and oxygen atoms in total.